The third kappa shape index (κ3) is 1.73. The smallest absolute Gasteiger partial charge is 0.0124 e. The largest absolute Gasteiger partial charge is 0.300 e. The fourth-order valence-electron chi connectivity index (χ4n) is 4.63. The van der Waals surface area contributed by atoms with E-state index in [9.17, 15) is 0 Å². The maximum absolute atomic E-state index is 2.79. The molecule has 1 nitrogen and oxygen atoms in total. The lowest BCUT2D eigenvalue weighted by atomic mass is 9.68. The van der Waals surface area contributed by atoms with Crippen molar-refractivity contribution in [1.29, 1.82) is 0 Å². The predicted molar refractivity (Wildman–Crippen MR) is 63.9 cm³/mol. The highest BCUT2D eigenvalue weighted by molar-refractivity contribution is 4.96. The summed E-state index contributed by atoms with van der Waals surface area (Å²) in [6.07, 6.45) is 13.6. The second-order valence-corrected chi connectivity index (χ2v) is 6.12. The van der Waals surface area contributed by atoms with E-state index in [0.717, 1.165) is 23.9 Å². The van der Waals surface area contributed by atoms with Crippen molar-refractivity contribution < 1.29 is 0 Å². The molecule has 1 aliphatic heterocycles. The zero-order valence-corrected chi connectivity index (χ0v) is 10.1. The first kappa shape index (κ1) is 10.1. The second kappa shape index (κ2) is 4.08. The molecule has 0 radical (unpaired) electrons. The molecule has 0 aromatic carbocycles. The van der Waals surface area contributed by atoms with Crippen LogP contribution in [0.4, 0.5) is 0 Å². The van der Waals surface area contributed by atoms with Crippen LogP contribution in [-0.2, 0) is 0 Å². The summed E-state index contributed by atoms with van der Waals surface area (Å²) < 4.78 is 0. The Bertz CT molecular complexity index is 203. The number of hydrogen-bond donors (Lipinski definition) is 0. The van der Waals surface area contributed by atoms with Gasteiger partial charge >= 0.3 is 0 Å². The summed E-state index contributed by atoms with van der Waals surface area (Å²) in [5, 5.41) is 0. The Labute approximate surface area is 94.2 Å². The molecule has 0 amide bonds. The van der Waals surface area contributed by atoms with E-state index in [-0.39, 0.29) is 0 Å². The molecule has 0 bridgehead atoms. The van der Waals surface area contributed by atoms with E-state index >= 15 is 0 Å². The highest BCUT2D eigenvalue weighted by atomic mass is 15.2. The average Bonchev–Trinajstić information content (AvgIpc) is 2.30. The minimum absolute atomic E-state index is 0.957. The van der Waals surface area contributed by atoms with Gasteiger partial charge in [-0.25, -0.2) is 0 Å². The van der Waals surface area contributed by atoms with Crippen LogP contribution in [0.3, 0.4) is 0 Å². The lowest BCUT2D eigenvalue weighted by Gasteiger charge is -2.52. The summed E-state index contributed by atoms with van der Waals surface area (Å²) in [5.41, 5.74) is 0. The maximum atomic E-state index is 2.79. The van der Waals surface area contributed by atoms with Crippen molar-refractivity contribution in [2.75, 3.05) is 7.05 Å². The van der Waals surface area contributed by atoms with Crippen LogP contribution in [-0.4, -0.2) is 24.0 Å². The highest BCUT2D eigenvalue weighted by Gasteiger charge is 2.42. The van der Waals surface area contributed by atoms with Crippen LogP contribution in [0.15, 0.2) is 0 Å². The van der Waals surface area contributed by atoms with Crippen LogP contribution in [0.25, 0.3) is 0 Å². The zero-order chi connectivity index (χ0) is 10.3. The van der Waals surface area contributed by atoms with Crippen molar-refractivity contribution >= 4 is 0 Å². The normalized spacial score (nSPS) is 47.0. The van der Waals surface area contributed by atoms with Gasteiger partial charge in [0.15, 0.2) is 0 Å². The van der Waals surface area contributed by atoms with E-state index in [1.54, 1.807) is 6.42 Å². The van der Waals surface area contributed by atoms with E-state index in [4.69, 9.17) is 0 Å². The lowest BCUT2D eigenvalue weighted by Crippen LogP contribution is -2.54. The van der Waals surface area contributed by atoms with Crippen LogP contribution < -0.4 is 0 Å². The van der Waals surface area contributed by atoms with Crippen molar-refractivity contribution in [3.63, 3.8) is 0 Å². The molecule has 2 aliphatic carbocycles. The number of likely N-dealkylation sites (tertiary alicyclic amines) is 1. The summed E-state index contributed by atoms with van der Waals surface area (Å²) in [6, 6.07) is 1.91. The predicted octanol–water partition coefficient (Wildman–Crippen LogP) is 3.44. The van der Waals surface area contributed by atoms with Gasteiger partial charge in [0.1, 0.15) is 0 Å². The third-order valence-electron chi connectivity index (χ3n) is 5.39. The minimum atomic E-state index is 0.957. The molecule has 0 aromatic heterocycles. The van der Waals surface area contributed by atoms with Gasteiger partial charge in [-0.15, -0.1) is 0 Å². The summed E-state index contributed by atoms with van der Waals surface area (Å²) >= 11 is 0. The van der Waals surface area contributed by atoms with Gasteiger partial charge in [-0.05, 0) is 51.0 Å². The van der Waals surface area contributed by atoms with Gasteiger partial charge in [0, 0.05) is 12.1 Å². The summed E-state index contributed by atoms with van der Waals surface area (Å²) in [4.78, 5) is 2.79. The van der Waals surface area contributed by atoms with Crippen molar-refractivity contribution in [2.24, 2.45) is 11.8 Å². The van der Waals surface area contributed by atoms with Gasteiger partial charge in [0.05, 0.1) is 0 Å². The number of hydrogen-bond acceptors (Lipinski definition) is 1. The standard InChI is InChI=1S/C14H25N/c1-15-13-8-4-2-6-11(13)10-12-7-3-5-9-14(12)15/h11-14H,2-10H2,1H3/t11-,12-,13-,14+/m1/s1. The molecule has 86 valence electrons. The summed E-state index contributed by atoms with van der Waals surface area (Å²) in [5.74, 6) is 2.12. The number of nitrogens with zero attached hydrogens (tertiary/aromatic N) is 1. The molecule has 3 aliphatic rings. The number of piperidine rings is 1. The quantitative estimate of drug-likeness (QED) is 0.588. The number of rotatable bonds is 0. The molecule has 1 heterocycles. The van der Waals surface area contributed by atoms with Crippen LogP contribution >= 0.6 is 0 Å². The fraction of sp³-hybridized carbons (Fsp3) is 1.00. The Kier molecular flexibility index (Phi) is 2.76. The summed E-state index contributed by atoms with van der Waals surface area (Å²) in [6.45, 7) is 0. The Balaban J connectivity index is 1.76. The van der Waals surface area contributed by atoms with Crippen molar-refractivity contribution in [1.82, 2.24) is 4.90 Å². The molecular formula is C14H25N. The van der Waals surface area contributed by atoms with E-state index < -0.39 is 0 Å². The number of fused-ring (bicyclic) bond motifs is 2. The third-order valence-corrected chi connectivity index (χ3v) is 5.39. The van der Waals surface area contributed by atoms with Crippen molar-refractivity contribution in [3.8, 4) is 0 Å². The molecule has 1 heteroatoms. The maximum Gasteiger partial charge on any atom is 0.0124 e. The average molecular weight is 207 g/mol. The molecule has 1 saturated heterocycles. The van der Waals surface area contributed by atoms with E-state index in [0.29, 0.717) is 0 Å². The molecule has 3 rings (SSSR count). The fourth-order valence-corrected chi connectivity index (χ4v) is 4.63. The van der Waals surface area contributed by atoms with Crippen LogP contribution in [0.1, 0.15) is 57.8 Å². The molecule has 4 atom stereocenters. The van der Waals surface area contributed by atoms with Crippen LogP contribution in [0.5, 0.6) is 0 Å². The van der Waals surface area contributed by atoms with Crippen LogP contribution in [0.2, 0.25) is 0 Å². The zero-order valence-electron chi connectivity index (χ0n) is 10.1. The van der Waals surface area contributed by atoms with Crippen molar-refractivity contribution in [3.05, 3.63) is 0 Å². The van der Waals surface area contributed by atoms with Crippen molar-refractivity contribution in [2.45, 2.75) is 69.9 Å². The molecule has 2 saturated carbocycles. The lowest BCUT2D eigenvalue weighted by molar-refractivity contribution is -0.0208. The van der Waals surface area contributed by atoms with E-state index in [1.807, 2.05) is 0 Å². The Morgan fingerprint density at radius 3 is 1.73 bits per heavy atom. The van der Waals surface area contributed by atoms with Gasteiger partial charge in [0.25, 0.3) is 0 Å². The van der Waals surface area contributed by atoms with Gasteiger partial charge in [-0.1, -0.05) is 25.7 Å². The minimum Gasteiger partial charge on any atom is -0.300 e. The van der Waals surface area contributed by atoms with Gasteiger partial charge in [-0.2, -0.15) is 0 Å². The highest BCUT2D eigenvalue weighted by Crippen LogP contribution is 2.44. The molecule has 3 fully saturated rings. The van der Waals surface area contributed by atoms with Crippen LogP contribution in [0, 0.1) is 11.8 Å². The Hall–Kier alpha value is -0.0400. The second-order valence-electron chi connectivity index (χ2n) is 6.12. The van der Waals surface area contributed by atoms with Gasteiger partial charge < -0.3 is 0 Å². The first-order valence-corrected chi connectivity index (χ1v) is 7.08. The molecular weight excluding hydrogens is 182 g/mol. The molecule has 15 heavy (non-hydrogen) atoms. The molecule has 0 N–H and O–H groups in total. The SMILES string of the molecule is CN1[C@@H]2CCCC[C@@H]2C[C@H]2CCCC[C@@H]21. The summed E-state index contributed by atoms with van der Waals surface area (Å²) in [7, 11) is 2.42. The molecule has 0 unspecified atom stereocenters. The Morgan fingerprint density at radius 2 is 1.20 bits per heavy atom. The van der Waals surface area contributed by atoms with Gasteiger partial charge in [-0.3, -0.25) is 4.90 Å². The van der Waals surface area contributed by atoms with Gasteiger partial charge in [0.2, 0.25) is 0 Å². The molecule has 0 spiro atoms. The van der Waals surface area contributed by atoms with E-state index in [2.05, 4.69) is 11.9 Å². The monoisotopic (exact) mass is 207 g/mol. The first-order chi connectivity index (χ1) is 7.36. The molecule has 0 aromatic rings. The first-order valence-electron chi connectivity index (χ1n) is 7.08. The topological polar surface area (TPSA) is 3.24 Å². The Morgan fingerprint density at radius 1 is 0.733 bits per heavy atom. The van der Waals surface area contributed by atoms with E-state index in [1.165, 1.54) is 51.4 Å².